The molecule has 0 bridgehead atoms. The summed E-state index contributed by atoms with van der Waals surface area (Å²) in [6, 6.07) is 11.5. The summed E-state index contributed by atoms with van der Waals surface area (Å²) in [7, 11) is 0. The molecule has 1 aromatic carbocycles. The molecule has 0 aromatic heterocycles. The van der Waals surface area contributed by atoms with Gasteiger partial charge in [-0.25, -0.2) is 0 Å². The Bertz CT molecular complexity index is 445. The van der Waals surface area contributed by atoms with E-state index in [9.17, 15) is 5.26 Å². The quantitative estimate of drug-likeness (QED) is 0.747. The van der Waals surface area contributed by atoms with E-state index in [1.807, 2.05) is 18.7 Å². The minimum atomic E-state index is -0.432. The van der Waals surface area contributed by atoms with E-state index in [0.717, 1.165) is 12.2 Å². The van der Waals surface area contributed by atoms with Gasteiger partial charge in [-0.15, -0.1) is 11.8 Å². The Morgan fingerprint density at radius 3 is 2.25 bits per heavy atom. The third-order valence-electron chi connectivity index (χ3n) is 3.27. The van der Waals surface area contributed by atoms with Crippen LogP contribution in [0.5, 0.6) is 0 Å². The highest BCUT2D eigenvalue weighted by Gasteiger charge is 2.23. The fraction of sp³-hybridized carbons (Fsp3) is 0.588. The average Bonchev–Trinajstić information content (AvgIpc) is 2.38. The van der Waals surface area contributed by atoms with Crippen LogP contribution in [-0.2, 0) is 0 Å². The van der Waals surface area contributed by atoms with Crippen molar-refractivity contribution in [1.29, 1.82) is 5.26 Å². The van der Waals surface area contributed by atoms with Gasteiger partial charge in [0.05, 0.1) is 6.07 Å². The molecule has 3 heteroatoms. The zero-order chi connectivity index (χ0) is 15.2. The van der Waals surface area contributed by atoms with E-state index in [1.165, 1.54) is 10.5 Å². The summed E-state index contributed by atoms with van der Waals surface area (Å²) in [4.78, 5) is 1.28. The van der Waals surface area contributed by atoms with Gasteiger partial charge in [-0.3, -0.25) is 5.32 Å². The van der Waals surface area contributed by atoms with Crippen molar-refractivity contribution in [3.8, 4) is 6.07 Å². The van der Waals surface area contributed by atoms with Crippen LogP contribution in [0.4, 0.5) is 0 Å². The molecule has 1 aromatic rings. The van der Waals surface area contributed by atoms with Gasteiger partial charge in [0.15, 0.2) is 0 Å². The highest BCUT2D eigenvalue weighted by Crippen LogP contribution is 2.24. The van der Waals surface area contributed by atoms with Gasteiger partial charge in [0, 0.05) is 16.7 Å². The van der Waals surface area contributed by atoms with Crippen LogP contribution in [0, 0.1) is 11.3 Å². The minimum Gasteiger partial charge on any atom is -0.297 e. The van der Waals surface area contributed by atoms with Gasteiger partial charge in [-0.2, -0.15) is 5.26 Å². The first kappa shape index (κ1) is 17.1. The second kappa shape index (κ2) is 7.71. The lowest BCUT2D eigenvalue weighted by molar-refractivity contribution is 0.397. The maximum absolute atomic E-state index is 9.31. The van der Waals surface area contributed by atoms with Gasteiger partial charge < -0.3 is 0 Å². The Kier molecular flexibility index (Phi) is 6.58. The Morgan fingerprint density at radius 2 is 1.80 bits per heavy atom. The van der Waals surface area contributed by atoms with E-state index in [0.29, 0.717) is 12.0 Å². The lowest BCUT2D eigenvalue weighted by atomic mass is 10.0. The summed E-state index contributed by atoms with van der Waals surface area (Å²) in [5.41, 5.74) is 0.941. The zero-order valence-corrected chi connectivity index (χ0v) is 14.1. The first-order chi connectivity index (χ1) is 9.36. The fourth-order valence-corrected chi connectivity index (χ4v) is 3.19. The first-order valence-electron chi connectivity index (χ1n) is 7.28. The van der Waals surface area contributed by atoms with E-state index in [2.05, 4.69) is 63.3 Å². The van der Waals surface area contributed by atoms with E-state index >= 15 is 0 Å². The first-order valence-corrected chi connectivity index (χ1v) is 8.26. The molecule has 0 heterocycles. The molecule has 1 rings (SSSR count). The standard InChI is InChI=1S/C17H26N2S/c1-13(2)15-6-8-16(9-7-15)20-11-10-17(5,12-18)19-14(3)4/h6-9,13-14,19H,10-11H2,1-5H3. The predicted molar refractivity (Wildman–Crippen MR) is 88.2 cm³/mol. The molecule has 0 radical (unpaired) electrons. The summed E-state index contributed by atoms with van der Waals surface area (Å²) in [5.74, 6) is 1.52. The molecular formula is C17H26N2S. The Balaban J connectivity index is 2.49. The highest BCUT2D eigenvalue weighted by molar-refractivity contribution is 7.99. The summed E-state index contributed by atoms with van der Waals surface area (Å²) in [5, 5.41) is 12.6. The zero-order valence-electron chi connectivity index (χ0n) is 13.2. The molecule has 0 amide bonds. The Morgan fingerprint density at radius 1 is 1.20 bits per heavy atom. The molecule has 0 aliphatic rings. The van der Waals surface area contributed by atoms with Gasteiger partial charge in [-0.05, 0) is 50.8 Å². The number of hydrogen-bond acceptors (Lipinski definition) is 3. The normalized spacial score (nSPS) is 14.3. The third kappa shape index (κ3) is 5.56. The molecule has 0 aliphatic heterocycles. The lowest BCUT2D eigenvalue weighted by Crippen LogP contribution is -2.45. The third-order valence-corrected chi connectivity index (χ3v) is 4.29. The number of thioether (sulfide) groups is 1. The van der Waals surface area contributed by atoms with Gasteiger partial charge in [-0.1, -0.05) is 26.0 Å². The van der Waals surface area contributed by atoms with Crippen molar-refractivity contribution in [1.82, 2.24) is 5.32 Å². The second-order valence-corrected chi connectivity index (χ2v) is 7.23. The fourth-order valence-electron chi connectivity index (χ4n) is 2.12. The molecule has 0 saturated heterocycles. The largest absolute Gasteiger partial charge is 0.297 e. The van der Waals surface area contributed by atoms with Crippen molar-refractivity contribution >= 4 is 11.8 Å². The number of benzene rings is 1. The van der Waals surface area contributed by atoms with Gasteiger partial charge in [0.2, 0.25) is 0 Å². The monoisotopic (exact) mass is 290 g/mol. The molecule has 1 unspecified atom stereocenters. The molecule has 20 heavy (non-hydrogen) atoms. The summed E-state index contributed by atoms with van der Waals surface area (Å²) in [6.45, 7) is 10.5. The van der Waals surface area contributed by atoms with Crippen LogP contribution >= 0.6 is 11.8 Å². The molecule has 0 fully saturated rings. The lowest BCUT2D eigenvalue weighted by Gasteiger charge is -2.25. The molecule has 1 N–H and O–H groups in total. The summed E-state index contributed by atoms with van der Waals surface area (Å²) < 4.78 is 0. The van der Waals surface area contributed by atoms with Crippen LogP contribution in [0.1, 0.15) is 52.5 Å². The summed E-state index contributed by atoms with van der Waals surface area (Å²) >= 11 is 1.82. The molecular weight excluding hydrogens is 264 g/mol. The molecule has 110 valence electrons. The number of nitriles is 1. The SMILES string of the molecule is CC(C)NC(C)(C#N)CCSc1ccc(C(C)C)cc1. The number of nitrogens with zero attached hydrogens (tertiary/aromatic N) is 1. The van der Waals surface area contributed by atoms with Crippen molar-refractivity contribution in [2.24, 2.45) is 0 Å². The van der Waals surface area contributed by atoms with Crippen LogP contribution in [-0.4, -0.2) is 17.3 Å². The molecule has 0 spiro atoms. The van der Waals surface area contributed by atoms with Crippen molar-refractivity contribution < 1.29 is 0 Å². The van der Waals surface area contributed by atoms with Crippen molar-refractivity contribution in [3.05, 3.63) is 29.8 Å². The Hall–Kier alpha value is -0.980. The molecule has 2 nitrogen and oxygen atoms in total. The van der Waals surface area contributed by atoms with E-state index < -0.39 is 5.54 Å². The number of nitrogens with one attached hydrogen (secondary N) is 1. The predicted octanol–water partition coefficient (Wildman–Crippen LogP) is 4.57. The van der Waals surface area contributed by atoms with Crippen LogP contribution in [0.25, 0.3) is 0 Å². The maximum atomic E-state index is 9.31. The summed E-state index contributed by atoms with van der Waals surface area (Å²) in [6.07, 6.45) is 0.846. The maximum Gasteiger partial charge on any atom is 0.104 e. The van der Waals surface area contributed by atoms with Crippen LogP contribution in [0.2, 0.25) is 0 Å². The van der Waals surface area contributed by atoms with E-state index in [4.69, 9.17) is 0 Å². The van der Waals surface area contributed by atoms with Crippen LogP contribution in [0.15, 0.2) is 29.2 Å². The smallest absolute Gasteiger partial charge is 0.104 e. The van der Waals surface area contributed by atoms with Crippen molar-refractivity contribution in [2.45, 2.75) is 63.4 Å². The van der Waals surface area contributed by atoms with Gasteiger partial charge in [0.25, 0.3) is 0 Å². The molecule has 0 saturated carbocycles. The number of rotatable bonds is 7. The number of hydrogen-bond donors (Lipinski definition) is 1. The van der Waals surface area contributed by atoms with Gasteiger partial charge in [0.1, 0.15) is 5.54 Å². The highest BCUT2D eigenvalue weighted by atomic mass is 32.2. The van der Waals surface area contributed by atoms with E-state index in [1.54, 1.807) is 0 Å². The van der Waals surface area contributed by atoms with Gasteiger partial charge >= 0.3 is 0 Å². The van der Waals surface area contributed by atoms with Crippen LogP contribution in [0.3, 0.4) is 0 Å². The van der Waals surface area contributed by atoms with Crippen molar-refractivity contribution in [2.75, 3.05) is 5.75 Å². The topological polar surface area (TPSA) is 35.8 Å². The average molecular weight is 290 g/mol. The molecule has 0 aliphatic carbocycles. The van der Waals surface area contributed by atoms with Crippen LogP contribution < -0.4 is 5.32 Å². The van der Waals surface area contributed by atoms with E-state index in [-0.39, 0.29) is 0 Å². The van der Waals surface area contributed by atoms with Crippen molar-refractivity contribution in [3.63, 3.8) is 0 Å². The second-order valence-electron chi connectivity index (χ2n) is 6.07. The Labute approximate surface area is 128 Å². The molecule has 1 atom stereocenters. The minimum absolute atomic E-state index is 0.329.